The molecular weight excluding hydrogens is 1110 g/mol. The Kier molecular flexibility index (Phi) is 19.9. The van der Waals surface area contributed by atoms with Crippen LogP contribution in [0, 0.1) is 17.7 Å². The predicted molar refractivity (Wildman–Crippen MR) is 276 cm³/mol. The number of carbonyl (C=O) groups is 5. The van der Waals surface area contributed by atoms with Crippen molar-refractivity contribution in [2.24, 2.45) is 5.14 Å². The standard InChI is InChI=1S/C51H60FN9O20S/c1-2-78-33-5-3-4-31(52)28(33)8-7-27-24-61(49-42(67)39(64)35(79-49)22-57-82(54,73)74)46-38(27)45(53)56-25-59(46)23-26-6-9-34(80-51-43(68)40(65)41(66)44(81-51)50(71)72)32(20-26)58-37(63)10-12-55-36(62)11-14-75-16-18-77-19-17-76-15-13-60-47(69)29-21-30(29)48(60)70/h3-6,9,20,24-25,27,35,39-44,49,51,53,57,64-68H,2,10-19,21-23H2,1H3,(H4-,54,55,58,62,63,71,72,73,74)/p+2/t27?,35-,39-,40+,41+,42-,43-,44+,49-,51-/m1/s1. The van der Waals surface area contributed by atoms with Crippen LogP contribution in [0.1, 0.15) is 48.8 Å². The number of hydrogen-bond acceptors (Lipinski definition) is 21. The molecule has 2 aromatic carbocycles. The Hall–Kier alpha value is -7.16. The number of fused-ring (bicyclic) bond motifs is 1. The number of imide groups is 1. The van der Waals surface area contributed by atoms with Crippen molar-refractivity contribution in [3.8, 4) is 23.3 Å². The first-order valence-electron chi connectivity index (χ1n) is 25.8. The molecule has 0 radical (unpaired) electrons. The zero-order valence-electron chi connectivity index (χ0n) is 43.9. The summed E-state index contributed by atoms with van der Waals surface area (Å²) in [5.41, 5.74) is 8.10. The number of aliphatic carboxylic acids is 1. The fourth-order valence-electron chi connectivity index (χ4n) is 9.21. The van der Waals surface area contributed by atoms with Gasteiger partial charge in [0, 0.05) is 49.1 Å². The van der Waals surface area contributed by atoms with Crippen LogP contribution in [0.4, 0.5) is 21.7 Å². The van der Waals surface area contributed by atoms with Crippen LogP contribution in [0.2, 0.25) is 0 Å². The minimum absolute atomic E-state index is 0.0256. The van der Waals surface area contributed by atoms with Gasteiger partial charge in [-0.3, -0.25) is 24.1 Å². The van der Waals surface area contributed by atoms with Crippen LogP contribution >= 0.6 is 0 Å². The van der Waals surface area contributed by atoms with Crippen LogP contribution in [0.25, 0.3) is 0 Å². The average Bonchev–Trinajstić information content (AvgIpc) is 4.08. The molecule has 31 heteroatoms. The van der Waals surface area contributed by atoms with Crippen molar-refractivity contribution in [1.29, 1.82) is 0 Å². The van der Waals surface area contributed by atoms with Gasteiger partial charge in [0.25, 0.3) is 34.6 Å². The first-order chi connectivity index (χ1) is 39.1. The van der Waals surface area contributed by atoms with E-state index in [9.17, 15) is 63.0 Å². The number of carbonyl (C=O) groups excluding carboxylic acids is 4. The van der Waals surface area contributed by atoms with Crippen LogP contribution in [-0.2, 0) is 64.4 Å². The van der Waals surface area contributed by atoms with Crippen molar-refractivity contribution < 1.29 is 110 Å². The van der Waals surface area contributed by atoms with E-state index >= 15 is 4.39 Å². The molecule has 5 heterocycles. The number of amides is 4. The minimum atomic E-state index is -4.26. The van der Waals surface area contributed by atoms with E-state index in [0.717, 1.165) is 4.90 Å². The number of rotatable bonds is 27. The second kappa shape index (κ2) is 26.8. The van der Waals surface area contributed by atoms with Crippen molar-refractivity contribution in [3.63, 3.8) is 0 Å². The third-order valence-electron chi connectivity index (χ3n) is 13.4. The maximum Gasteiger partial charge on any atom is 0.456 e. The Bertz CT molecular complexity index is 3150. The van der Waals surface area contributed by atoms with E-state index in [2.05, 4.69) is 27.5 Å². The second-order valence-electron chi connectivity index (χ2n) is 19.1. The molecule has 1 unspecified atom stereocenters. The lowest BCUT2D eigenvalue weighted by atomic mass is 9.99. The highest BCUT2D eigenvalue weighted by Gasteiger charge is 2.56. The molecule has 1 aromatic heterocycles. The SMILES string of the molecule is CCOc1cccc(F)c1C#CC1C=[N+]([C@@H]2O[C@H](CNS(N)(=O)=O)[C@@H](O)[C@H]2O)c2c1c(N)nc[n+]2Cc1ccc(O[C@@H]2O[C@H](C(=O)O)[C@@H](O)[C@H](O)[C@H]2O)c(NC(=O)CCNC(=O)CCOCCOCCOCCN2C(=O)C3=C(C3)C2=O)c1. The zero-order valence-corrected chi connectivity index (χ0v) is 44.7. The number of nitrogens with zero attached hydrogens (tertiary/aromatic N) is 4. The van der Waals surface area contributed by atoms with E-state index in [4.69, 9.17) is 44.0 Å². The number of likely N-dealkylation sites (tertiary alicyclic amines) is 1. The highest BCUT2D eigenvalue weighted by molar-refractivity contribution is 7.87. The van der Waals surface area contributed by atoms with Gasteiger partial charge >= 0.3 is 11.8 Å². The number of nitrogen functional groups attached to an aromatic ring is 1. The second-order valence-corrected chi connectivity index (χ2v) is 20.5. The number of carboxylic acid groups (broad SMARTS) is 1. The van der Waals surface area contributed by atoms with Crippen LogP contribution in [0.3, 0.4) is 0 Å². The maximum absolute atomic E-state index is 15.2. The first kappa shape index (κ1) is 60.9. The summed E-state index contributed by atoms with van der Waals surface area (Å²) in [6.45, 7) is 2.21. The lowest BCUT2D eigenvalue weighted by molar-refractivity contribution is -0.751. The third kappa shape index (κ3) is 14.5. The van der Waals surface area contributed by atoms with Crippen molar-refractivity contribution in [3.05, 3.63) is 76.4 Å². The number of piperidine rings is 1. The summed E-state index contributed by atoms with van der Waals surface area (Å²) >= 11 is 0. The molecule has 8 rings (SSSR count). The van der Waals surface area contributed by atoms with Gasteiger partial charge in [0.1, 0.15) is 65.1 Å². The highest BCUT2D eigenvalue weighted by Crippen LogP contribution is 2.40. The Labute approximate surface area is 467 Å². The molecule has 0 spiro atoms. The van der Waals surface area contributed by atoms with Gasteiger partial charge in [-0.2, -0.15) is 18.1 Å². The number of anilines is 2. The van der Waals surface area contributed by atoms with Crippen LogP contribution < -0.4 is 40.3 Å². The molecule has 0 saturated carbocycles. The topological polar surface area (TPSA) is 417 Å². The quantitative estimate of drug-likeness (QED) is 0.0149. The summed E-state index contributed by atoms with van der Waals surface area (Å²) in [6.07, 6.45) is -13.3. The molecule has 3 aromatic rings. The van der Waals surface area contributed by atoms with Gasteiger partial charge in [0.05, 0.1) is 58.5 Å². The molecule has 13 N–H and O–H groups in total. The molecular formula is C51H62FN9O20S+2. The minimum Gasteiger partial charge on any atom is -0.492 e. The highest BCUT2D eigenvalue weighted by atomic mass is 32.2. The van der Waals surface area contributed by atoms with Crippen molar-refractivity contribution in [2.75, 3.05) is 76.9 Å². The van der Waals surface area contributed by atoms with E-state index in [1.807, 2.05) is 4.72 Å². The Morgan fingerprint density at radius 2 is 1.60 bits per heavy atom. The molecule has 29 nitrogen and oxygen atoms in total. The molecule has 4 amide bonds. The third-order valence-corrected chi connectivity index (χ3v) is 14.0. The number of benzene rings is 2. The number of aromatic nitrogens is 2. The molecule has 2 saturated heterocycles. The number of aliphatic hydroxyl groups excluding tert-OH is 5. The largest absolute Gasteiger partial charge is 0.492 e. The normalized spacial score (nSPS) is 24.6. The number of halogens is 1. The number of ether oxygens (including phenoxy) is 7. The fraction of sp³-hybridized carbons (Fsp3) is 0.490. The molecule has 1 aliphatic carbocycles. The monoisotopic (exact) mass is 1170 g/mol. The number of carboxylic acids is 1. The average molecular weight is 1170 g/mol. The molecule has 2 fully saturated rings. The number of aliphatic hydroxyl groups is 5. The summed E-state index contributed by atoms with van der Waals surface area (Å²) in [7, 11) is -4.26. The van der Waals surface area contributed by atoms with Crippen LogP contribution in [0.5, 0.6) is 11.5 Å². The summed E-state index contributed by atoms with van der Waals surface area (Å²) < 4.78 is 83.0. The van der Waals surface area contributed by atoms with Crippen LogP contribution in [-0.4, -0.2) is 210 Å². The number of nitrogens with one attached hydrogen (secondary N) is 3. The van der Waals surface area contributed by atoms with Crippen molar-refractivity contribution in [2.45, 2.75) is 93.9 Å². The van der Waals surface area contributed by atoms with E-state index in [0.29, 0.717) is 23.1 Å². The van der Waals surface area contributed by atoms with Gasteiger partial charge in [-0.15, -0.1) is 9.14 Å². The van der Waals surface area contributed by atoms with Gasteiger partial charge in [-0.1, -0.05) is 17.9 Å². The maximum atomic E-state index is 15.2. The summed E-state index contributed by atoms with van der Waals surface area (Å²) in [6, 6.07) is 8.40. The summed E-state index contributed by atoms with van der Waals surface area (Å²) in [4.78, 5) is 67.7. The number of hydrogen-bond donors (Lipinski definition) is 11. The zero-order chi connectivity index (χ0) is 59.0. The van der Waals surface area contributed by atoms with Gasteiger partial charge in [-0.05, 0) is 37.3 Å². The van der Waals surface area contributed by atoms with Crippen LogP contribution in [0.15, 0.2) is 53.9 Å². The van der Waals surface area contributed by atoms with Gasteiger partial charge in [0.2, 0.25) is 18.1 Å². The molecule has 4 aliphatic heterocycles. The van der Waals surface area contributed by atoms with Gasteiger partial charge in [-0.25, -0.2) is 14.3 Å². The Morgan fingerprint density at radius 3 is 2.29 bits per heavy atom. The van der Waals surface area contributed by atoms with Gasteiger partial charge in [0.15, 0.2) is 30.5 Å². The first-order valence-corrected chi connectivity index (χ1v) is 27.3. The van der Waals surface area contributed by atoms with Crippen molar-refractivity contribution in [1.82, 2.24) is 19.9 Å². The van der Waals surface area contributed by atoms with Crippen molar-refractivity contribution >= 4 is 63.3 Å². The van der Waals surface area contributed by atoms with E-state index in [1.165, 1.54) is 58.1 Å². The Morgan fingerprint density at radius 1 is 0.890 bits per heavy atom. The summed E-state index contributed by atoms with van der Waals surface area (Å²) in [5, 5.41) is 74.2. The lowest BCUT2D eigenvalue weighted by Gasteiger charge is -2.38. The molecule has 442 valence electrons. The fourth-order valence-corrected chi connectivity index (χ4v) is 9.61. The predicted octanol–water partition coefficient (Wildman–Crippen LogP) is -4.13. The molecule has 0 bridgehead atoms. The smallest absolute Gasteiger partial charge is 0.456 e. The van der Waals surface area contributed by atoms with E-state index < -0.39 is 102 Å². The lowest BCUT2D eigenvalue weighted by Crippen LogP contribution is -2.61. The number of nitrogens with two attached hydrogens (primary N) is 2. The summed E-state index contributed by atoms with van der Waals surface area (Å²) in [5.74, 6) is 0.824. The molecule has 5 aliphatic rings. The van der Waals surface area contributed by atoms with E-state index in [-0.39, 0.29) is 130 Å². The Balaban J connectivity index is 0.951. The van der Waals surface area contributed by atoms with Gasteiger partial charge < -0.3 is 80.2 Å². The van der Waals surface area contributed by atoms with E-state index in [1.54, 1.807) is 6.92 Å². The molecule has 10 atom stereocenters. The molecule has 82 heavy (non-hydrogen) atoms.